The molecule has 1 aliphatic heterocycles. The highest BCUT2D eigenvalue weighted by Gasteiger charge is 2.31. The largest absolute Gasteiger partial charge is 0.378 e. The lowest BCUT2D eigenvalue weighted by Crippen LogP contribution is -2.22. The average Bonchev–Trinajstić information content (AvgIpc) is 2.73. The predicted molar refractivity (Wildman–Crippen MR) is 73.0 cm³/mol. The molecule has 0 aliphatic carbocycles. The maximum absolute atomic E-state index is 12.3. The Balaban J connectivity index is 2.17. The Kier molecular flexibility index (Phi) is 3.58. The Morgan fingerprint density at radius 2 is 1.83 bits per heavy atom. The summed E-state index contributed by atoms with van der Waals surface area (Å²) in [6.07, 6.45) is 0.904. The third kappa shape index (κ3) is 2.64. The number of ketones is 1. The molecule has 1 fully saturated rings. The number of hydrogen-bond acceptors (Lipinski definition) is 2. The predicted octanol–water partition coefficient (Wildman–Crippen LogP) is 3.59. The average molecular weight is 246 g/mol. The second-order valence-corrected chi connectivity index (χ2v) is 6.16. The first-order valence-electron chi connectivity index (χ1n) is 6.66. The smallest absolute Gasteiger partial charge is 0.168 e. The zero-order valence-corrected chi connectivity index (χ0v) is 11.7. The van der Waals surface area contributed by atoms with E-state index in [1.54, 1.807) is 0 Å². The Bertz CT molecular complexity index is 425. The fraction of sp³-hybridized carbons (Fsp3) is 0.562. The van der Waals surface area contributed by atoms with Crippen LogP contribution in [0.3, 0.4) is 0 Å². The molecule has 2 heteroatoms. The van der Waals surface area contributed by atoms with Gasteiger partial charge in [-0.05, 0) is 24.3 Å². The summed E-state index contributed by atoms with van der Waals surface area (Å²) in [6, 6.07) is 8.03. The molecule has 0 N–H and O–H groups in total. The fourth-order valence-electron chi connectivity index (χ4n) is 2.42. The minimum absolute atomic E-state index is 0.0329. The summed E-state index contributed by atoms with van der Waals surface area (Å²) in [5, 5.41) is 0. The molecule has 0 saturated carbocycles. The SMILES string of the molecule is CC1OCCC1C(=O)c1ccc(C(C)(C)C)cc1. The van der Waals surface area contributed by atoms with Crippen LogP contribution in [0.1, 0.15) is 50.0 Å². The molecule has 0 radical (unpaired) electrons. The fourth-order valence-corrected chi connectivity index (χ4v) is 2.42. The van der Waals surface area contributed by atoms with Crippen LogP contribution in [0.2, 0.25) is 0 Å². The summed E-state index contributed by atoms with van der Waals surface area (Å²) in [4.78, 5) is 12.3. The van der Waals surface area contributed by atoms with E-state index in [1.165, 1.54) is 5.56 Å². The van der Waals surface area contributed by atoms with Crippen LogP contribution >= 0.6 is 0 Å². The lowest BCUT2D eigenvalue weighted by atomic mass is 9.85. The van der Waals surface area contributed by atoms with Gasteiger partial charge in [0.25, 0.3) is 0 Å². The van der Waals surface area contributed by atoms with E-state index in [2.05, 4.69) is 32.9 Å². The molecule has 1 saturated heterocycles. The van der Waals surface area contributed by atoms with Crippen LogP contribution in [-0.2, 0) is 10.2 Å². The summed E-state index contributed by atoms with van der Waals surface area (Å²) in [6.45, 7) is 9.22. The molecule has 1 heterocycles. The maximum atomic E-state index is 12.3. The molecule has 1 aliphatic rings. The van der Waals surface area contributed by atoms with E-state index in [9.17, 15) is 4.79 Å². The van der Waals surface area contributed by atoms with Gasteiger partial charge in [-0.15, -0.1) is 0 Å². The number of ether oxygens (including phenoxy) is 1. The number of carbonyl (C=O) groups excluding carboxylic acids is 1. The van der Waals surface area contributed by atoms with E-state index in [4.69, 9.17) is 4.74 Å². The lowest BCUT2D eigenvalue weighted by Gasteiger charge is -2.19. The molecule has 1 aromatic carbocycles. The summed E-state index contributed by atoms with van der Waals surface area (Å²) >= 11 is 0. The van der Waals surface area contributed by atoms with Gasteiger partial charge in [0, 0.05) is 12.2 Å². The van der Waals surface area contributed by atoms with Gasteiger partial charge in [0.2, 0.25) is 0 Å². The lowest BCUT2D eigenvalue weighted by molar-refractivity contribution is 0.0764. The number of benzene rings is 1. The zero-order valence-electron chi connectivity index (χ0n) is 11.7. The normalized spacial score (nSPS) is 24.2. The van der Waals surface area contributed by atoms with Crippen LogP contribution in [0.25, 0.3) is 0 Å². The minimum Gasteiger partial charge on any atom is -0.378 e. The van der Waals surface area contributed by atoms with E-state index >= 15 is 0 Å². The molecule has 0 spiro atoms. The summed E-state index contributed by atoms with van der Waals surface area (Å²) in [7, 11) is 0. The van der Waals surface area contributed by atoms with Crippen molar-refractivity contribution in [3.8, 4) is 0 Å². The first-order chi connectivity index (χ1) is 8.39. The van der Waals surface area contributed by atoms with Crippen molar-refractivity contribution in [3.05, 3.63) is 35.4 Å². The van der Waals surface area contributed by atoms with Crippen LogP contribution in [0.15, 0.2) is 24.3 Å². The Labute approximate surface area is 109 Å². The Hall–Kier alpha value is -1.15. The summed E-state index contributed by atoms with van der Waals surface area (Å²) in [5.74, 6) is 0.256. The molecular weight excluding hydrogens is 224 g/mol. The second-order valence-electron chi connectivity index (χ2n) is 6.16. The molecule has 0 aromatic heterocycles. The third-order valence-corrected chi connectivity index (χ3v) is 3.75. The summed E-state index contributed by atoms with van der Waals surface area (Å²) < 4.78 is 5.47. The van der Waals surface area contributed by atoms with Gasteiger partial charge < -0.3 is 4.74 Å². The molecule has 0 amide bonds. The topological polar surface area (TPSA) is 26.3 Å². The van der Waals surface area contributed by atoms with Crippen LogP contribution in [0.5, 0.6) is 0 Å². The number of carbonyl (C=O) groups is 1. The van der Waals surface area contributed by atoms with E-state index in [-0.39, 0.29) is 23.2 Å². The van der Waals surface area contributed by atoms with Gasteiger partial charge in [0.1, 0.15) is 0 Å². The van der Waals surface area contributed by atoms with Crippen molar-refractivity contribution in [2.24, 2.45) is 5.92 Å². The quantitative estimate of drug-likeness (QED) is 0.745. The highest BCUT2D eigenvalue weighted by molar-refractivity contribution is 5.98. The molecule has 18 heavy (non-hydrogen) atoms. The number of rotatable bonds is 2. The molecule has 2 atom stereocenters. The summed E-state index contributed by atoms with van der Waals surface area (Å²) in [5.41, 5.74) is 2.20. The molecule has 0 bridgehead atoms. The van der Waals surface area contributed by atoms with Gasteiger partial charge in [-0.3, -0.25) is 4.79 Å². The molecule has 2 nitrogen and oxygen atoms in total. The number of hydrogen-bond donors (Lipinski definition) is 0. The van der Waals surface area contributed by atoms with Gasteiger partial charge in [0.05, 0.1) is 12.0 Å². The zero-order chi connectivity index (χ0) is 13.3. The van der Waals surface area contributed by atoms with Crippen molar-refractivity contribution in [1.29, 1.82) is 0 Å². The van der Waals surface area contributed by atoms with Crippen molar-refractivity contribution < 1.29 is 9.53 Å². The monoisotopic (exact) mass is 246 g/mol. The minimum atomic E-state index is 0.0329. The Morgan fingerprint density at radius 1 is 1.22 bits per heavy atom. The standard InChI is InChI=1S/C16H22O2/c1-11-14(9-10-18-11)15(17)12-5-7-13(8-6-12)16(2,3)4/h5-8,11,14H,9-10H2,1-4H3. The number of Topliss-reactive ketones (excluding diaryl/α,β-unsaturated/α-hetero) is 1. The molecule has 98 valence electrons. The van der Waals surface area contributed by atoms with Gasteiger partial charge in [0.15, 0.2) is 5.78 Å². The highest BCUT2D eigenvalue weighted by Crippen LogP contribution is 2.26. The first kappa shape index (κ1) is 13.3. The molecule has 2 unspecified atom stereocenters. The van der Waals surface area contributed by atoms with Crippen LogP contribution in [0, 0.1) is 5.92 Å². The van der Waals surface area contributed by atoms with Crippen LogP contribution < -0.4 is 0 Å². The van der Waals surface area contributed by atoms with E-state index in [0.717, 1.165) is 12.0 Å². The maximum Gasteiger partial charge on any atom is 0.168 e. The van der Waals surface area contributed by atoms with Crippen LogP contribution in [-0.4, -0.2) is 18.5 Å². The second kappa shape index (κ2) is 4.85. The van der Waals surface area contributed by atoms with E-state index in [0.29, 0.717) is 6.61 Å². The van der Waals surface area contributed by atoms with E-state index < -0.39 is 0 Å². The van der Waals surface area contributed by atoms with Gasteiger partial charge >= 0.3 is 0 Å². The Morgan fingerprint density at radius 3 is 2.28 bits per heavy atom. The highest BCUT2D eigenvalue weighted by atomic mass is 16.5. The third-order valence-electron chi connectivity index (χ3n) is 3.75. The van der Waals surface area contributed by atoms with Gasteiger partial charge in [-0.2, -0.15) is 0 Å². The van der Waals surface area contributed by atoms with Crippen molar-refractivity contribution >= 4 is 5.78 Å². The molecule has 1 aromatic rings. The van der Waals surface area contributed by atoms with Gasteiger partial charge in [-0.1, -0.05) is 45.0 Å². The van der Waals surface area contributed by atoms with Gasteiger partial charge in [-0.25, -0.2) is 0 Å². The van der Waals surface area contributed by atoms with Crippen molar-refractivity contribution in [2.45, 2.75) is 45.6 Å². The molecular formula is C16H22O2. The van der Waals surface area contributed by atoms with Crippen molar-refractivity contribution in [2.75, 3.05) is 6.61 Å². The molecule has 2 rings (SSSR count). The first-order valence-corrected chi connectivity index (χ1v) is 6.66. The van der Waals surface area contributed by atoms with Crippen molar-refractivity contribution in [1.82, 2.24) is 0 Å². The van der Waals surface area contributed by atoms with Crippen LogP contribution in [0.4, 0.5) is 0 Å². The van der Waals surface area contributed by atoms with Crippen molar-refractivity contribution in [3.63, 3.8) is 0 Å². The van der Waals surface area contributed by atoms with E-state index in [1.807, 2.05) is 19.1 Å².